The van der Waals surface area contributed by atoms with E-state index in [1.807, 2.05) is 66.7 Å². The largest absolute Gasteiger partial charge is 0.489 e. The molecule has 0 atom stereocenters. The van der Waals surface area contributed by atoms with Crippen LogP contribution < -0.4 is 4.74 Å². The molecule has 0 amide bonds. The van der Waals surface area contributed by atoms with E-state index in [9.17, 15) is 14.4 Å². The van der Waals surface area contributed by atoms with E-state index in [1.54, 1.807) is 67.6 Å². The molecule has 226 valence electrons. The quantitative estimate of drug-likeness (QED) is 0.107. The van der Waals surface area contributed by atoms with Gasteiger partial charge in [-0.2, -0.15) is 0 Å². The first kappa shape index (κ1) is 30.8. The Labute approximate surface area is 262 Å². The molecule has 0 radical (unpaired) electrons. The Morgan fingerprint density at radius 3 is 1.69 bits per heavy atom. The van der Waals surface area contributed by atoms with Crippen molar-refractivity contribution in [3.8, 4) is 16.9 Å². The molecule has 0 aliphatic carbocycles. The van der Waals surface area contributed by atoms with E-state index in [-0.39, 0.29) is 25.8 Å². The van der Waals surface area contributed by atoms with E-state index >= 15 is 0 Å². The molecule has 0 saturated carbocycles. The molecule has 0 saturated heterocycles. The van der Waals surface area contributed by atoms with Gasteiger partial charge < -0.3 is 18.9 Å². The molecule has 0 fully saturated rings. The Morgan fingerprint density at radius 2 is 1.04 bits per heavy atom. The number of carbonyl (C=O) groups is 3. The third kappa shape index (κ3) is 8.45. The van der Waals surface area contributed by atoms with Crippen LogP contribution in [0.4, 0.5) is 0 Å². The summed E-state index contributed by atoms with van der Waals surface area (Å²) in [6, 6.07) is 38.0. The van der Waals surface area contributed by atoms with Gasteiger partial charge >= 0.3 is 17.9 Å². The van der Waals surface area contributed by atoms with Gasteiger partial charge in [0.25, 0.3) is 0 Å². The molecule has 0 spiro atoms. The molecule has 0 N–H and O–H groups in total. The van der Waals surface area contributed by atoms with Crippen molar-refractivity contribution in [1.29, 1.82) is 0 Å². The van der Waals surface area contributed by atoms with Crippen LogP contribution in [0.2, 0.25) is 0 Å². The van der Waals surface area contributed by atoms with Gasteiger partial charge in [0.15, 0.2) is 0 Å². The highest BCUT2D eigenvalue weighted by Gasteiger charge is 2.14. The van der Waals surface area contributed by atoms with Gasteiger partial charge in [0, 0.05) is 0 Å². The highest BCUT2D eigenvalue weighted by atomic mass is 16.5. The van der Waals surface area contributed by atoms with Gasteiger partial charge in [-0.1, -0.05) is 72.8 Å². The lowest BCUT2D eigenvalue weighted by atomic mass is 10.0. The molecule has 7 nitrogen and oxygen atoms in total. The summed E-state index contributed by atoms with van der Waals surface area (Å²) < 4.78 is 22.4. The van der Waals surface area contributed by atoms with Crippen molar-refractivity contribution in [1.82, 2.24) is 0 Å². The van der Waals surface area contributed by atoms with E-state index < -0.39 is 11.9 Å². The van der Waals surface area contributed by atoms with Crippen LogP contribution in [0, 0.1) is 0 Å². The van der Waals surface area contributed by atoms with Crippen LogP contribution >= 0.6 is 0 Å². The Kier molecular flexibility index (Phi) is 10.4. The minimum atomic E-state index is -0.451. The first-order valence-corrected chi connectivity index (χ1v) is 14.6. The Morgan fingerprint density at radius 1 is 0.489 bits per heavy atom. The smallest absolute Gasteiger partial charge is 0.338 e. The second-order valence-corrected chi connectivity index (χ2v) is 10.1. The molecule has 0 heterocycles. The lowest BCUT2D eigenvalue weighted by Gasteiger charge is -2.14. The van der Waals surface area contributed by atoms with Crippen LogP contribution in [0.5, 0.6) is 5.75 Å². The molecule has 0 aromatic heterocycles. The van der Waals surface area contributed by atoms with E-state index in [0.717, 1.165) is 16.7 Å². The minimum absolute atomic E-state index is 0.00786. The second-order valence-electron chi connectivity index (χ2n) is 10.1. The molecule has 0 aliphatic heterocycles. The summed E-state index contributed by atoms with van der Waals surface area (Å²) in [4.78, 5) is 37.4. The topological polar surface area (TPSA) is 88.1 Å². The summed E-state index contributed by atoms with van der Waals surface area (Å²) in [6.45, 7) is 2.34. The number of ether oxygens (including phenoxy) is 4. The molecule has 0 unspecified atom stereocenters. The Balaban J connectivity index is 1.30. The maximum absolute atomic E-state index is 12.7. The van der Waals surface area contributed by atoms with Crippen molar-refractivity contribution in [2.45, 2.75) is 26.7 Å². The van der Waals surface area contributed by atoms with E-state index in [4.69, 9.17) is 18.9 Å². The van der Waals surface area contributed by atoms with E-state index in [1.165, 1.54) is 0 Å². The molecular weight excluding hydrogens is 568 g/mol. The van der Waals surface area contributed by atoms with Gasteiger partial charge in [0.2, 0.25) is 0 Å². The van der Waals surface area contributed by atoms with Crippen LogP contribution in [-0.4, -0.2) is 24.5 Å². The highest BCUT2D eigenvalue weighted by Crippen LogP contribution is 2.26. The number of hydrogen-bond donors (Lipinski definition) is 0. The number of carbonyl (C=O) groups excluding carboxylic acids is 3. The van der Waals surface area contributed by atoms with E-state index in [0.29, 0.717) is 40.2 Å². The van der Waals surface area contributed by atoms with Gasteiger partial charge in [0.05, 0.1) is 23.3 Å². The van der Waals surface area contributed by atoms with Crippen LogP contribution in [-0.2, 0) is 34.0 Å². The number of rotatable bonds is 12. The number of hydrogen-bond acceptors (Lipinski definition) is 7. The van der Waals surface area contributed by atoms with E-state index in [2.05, 4.69) is 0 Å². The lowest BCUT2D eigenvalue weighted by Crippen LogP contribution is -2.10. The van der Waals surface area contributed by atoms with Crippen LogP contribution in [0.15, 0.2) is 127 Å². The molecule has 45 heavy (non-hydrogen) atoms. The molecule has 5 rings (SSSR count). The predicted octanol–water partition coefficient (Wildman–Crippen LogP) is 7.82. The van der Waals surface area contributed by atoms with Crippen molar-refractivity contribution in [2.75, 3.05) is 6.61 Å². The maximum Gasteiger partial charge on any atom is 0.338 e. The molecule has 0 bridgehead atoms. The lowest BCUT2D eigenvalue weighted by molar-refractivity contribution is 0.0435. The number of benzene rings is 5. The summed E-state index contributed by atoms with van der Waals surface area (Å²) in [5.41, 5.74) is 5.39. The van der Waals surface area contributed by atoms with Crippen molar-refractivity contribution in [3.63, 3.8) is 0 Å². The molecule has 0 aliphatic rings. The fraction of sp³-hybridized carbons (Fsp3) is 0.132. The second kappa shape index (κ2) is 15.2. The zero-order valence-electron chi connectivity index (χ0n) is 24.8. The van der Waals surface area contributed by atoms with Crippen molar-refractivity contribution in [3.05, 3.63) is 161 Å². The van der Waals surface area contributed by atoms with Crippen molar-refractivity contribution >= 4 is 17.9 Å². The van der Waals surface area contributed by atoms with Gasteiger partial charge in [-0.15, -0.1) is 0 Å². The molecule has 5 aromatic carbocycles. The summed E-state index contributed by atoms with van der Waals surface area (Å²) in [5.74, 6) is -0.613. The standard InChI is InChI=1S/C38H32O7/c1-2-42-38(41)32-17-9-15-30(22-32)31-16-10-18-35(23-31)43-24-27-19-20-33(25-44-36(39)28-11-5-3-6-12-28)34(21-27)26-45-37(40)29-13-7-4-8-14-29/h3-23H,2,24-26H2,1H3. The Hall–Kier alpha value is -5.69. The normalized spacial score (nSPS) is 10.5. The van der Waals surface area contributed by atoms with Gasteiger partial charge in [-0.05, 0) is 89.3 Å². The van der Waals surface area contributed by atoms with Crippen LogP contribution in [0.25, 0.3) is 11.1 Å². The maximum atomic E-state index is 12.7. The minimum Gasteiger partial charge on any atom is -0.489 e. The fourth-order valence-electron chi connectivity index (χ4n) is 4.62. The van der Waals surface area contributed by atoms with Gasteiger partial charge in [-0.25, -0.2) is 14.4 Å². The zero-order chi connectivity index (χ0) is 31.4. The predicted molar refractivity (Wildman–Crippen MR) is 170 cm³/mol. The summed E-state index contributed by atoms with van der Waals surface area (Å²) in [5, 5.41) is 0. The first-order valence-electron chi connectivity index (χ1n) is 14.6. The average Bonchev–Trinajstić information content (AvgIpc) is 3.10. The SMILES string of the molecule is CCOC(=O)c1cccc(-c2cccc(OCc3ccc(COC(=O)c4ccccc4)c(COC(=O)c4ccccc4)c3)c2)c1. The van der Waals surface area contributed by atoms with Gasteiger partial charge in [0.1, 0.15) is 25.6 Å². The van der Waals surface area contributed by atoms with Gasteiger partial charge in [-0.3, -0.25) is 0 Å². The highest BCUT2D eigenvalue weighted by molar-refractivity contribution is 5.91. The number of esters is 3. The Bertz CT molecular complexity index is 1760. The summed E-state index contributed by atoms with van der Waals surface area (Å²) in [6.07, 6.45) is 0. The summed E-state index contributed by atoms with van der Waals surface area (Å²) >= 11 is 0. The fourth-order valence-corrected chi connectivity index (χ4v) is 4.62. The third-order valence-corrected chi connectivity index (χ3v) is 6.95. The monoisotopic (exact) mass is 600 g/mol. The molecular formula is C38H32O7. The zero-order valence-corrected chi connectivity index (χ0v) is 24.8. The average molecular weight is 601 g/mol. The van der Waals surface area contributed by atoms with Crippen molar-refractivity contribution < 1.29 is 33.3 Å². The first-order chi connectivity index (χ1) is 22.0. The molecule has 5 aromatic rings. The summed E-state index contributed by atoms with van der Waals surface area (Å²) in [7, 11) is 0. The molecule has 7 heteroatoms. The van der Waals surface area contributed by atoms with Crippen molar-refractivity contribution in [2.24, 2.45) is 0 Å². The van der Waals surface area contributed by atoms with Crippen LogP contribution in [0.1, 0.15) is 54.7 Å². The third-order valence-electron chi connectivity index (χ3n) is 6.95. The van der Waals surface area contributed by atoms with Crippen LogP contribution in [0.3, 0.4) is 0 Å².